The molecule has 0 amide bonds. The van der Waals surface area contributed by atoms with Crippen molar-refractivity contribution in [2.75, 3.05) is 0 Å². The van der Waals surface area contributed by atoms with E-state index in [0.717, 1.165) is 17.0 Å². The number of halogens is 1. The van der Waals surface area contributed by atoms with E-state index in [2.05, 4.69) is 0 Å². The van der Waals surface area contributed by atoms with Gasteiger partial charge in [0.2, 0.25) is 0 Å². The van der Waals surface area contributed by atoms with Gasteiger partial charge in [0.15, 0.2) is 0 Å². The van der Waals surface area contributed by atoms with Crippen molar-refractivity contribution in [2.45, 2.75) is 12.5 Å². The predicted octanol–water partition coefficient (Wildman–Crippen LogP) is 3.32. The van der Waals surface area contributed by atoms with Gasteiger partial charge in [0.25, 0.3) is 0 Å². The SMILES string of the molecule is Clc1ccccc1[C@H]1CC=CO1. The van der Waals surface area contributed by atoms with E-state index in [4.69, 9.17) is 16.3 Å². The fourth-order valence-corrected chi connectivity index (χ4v) is 1.58. The lowest BCUT2D eigenvalue weighted by atomic mass is 10.1. The Morgan fingerprint density at radius 2 is 2.17 bits per heavy atom. The molecule has 0 aromatic heterocycles. The van der Waals surface area contributed by atoms with Crippen LogP contribution in [0.2, 0.25) is 5.02 Å². The van der Waals surface area contributed by atoms with Gasteiger partial charge in [-0.25, -0.2) is 0 Å². The van der Waals surface area contributed by atoms with E-state index in [1.54, 1.807) is 6.26 Å². The Kier molecular flexibility index (Phi) is 2.05. The molecule has 62 valence electrons. The number of hydrogen-bond acceptors (Lipinski definition) is 1. The van der Waals surface area contributed by atoms with Gasteiger partial charge in [0.05, 0.1) is 6.26 Å². The summed E-state index contributed by atoms with van der Waals surface area (Å²) < 4.78 is 5.35. The lowest BCUT2D eigenvalue weighted by Crippen LogP contribution is -1.95. The average Bonchev–Trinajstić information content (AvgIpc) is 2.57. The highest BCUT2D eigenvalue weighted by Crippen LogP contribution is 2.31. The van der Waals surface area contributed by atoms with E-state index in [-0.39, 0.29) is 6.10 Å². The molecule has 1 heterocycles. The number of rotatable bonds is 1. The Hall–Kier alpha value is -0.950. The van der Waals surface area contributed by atoms with Crippen molar-refractivity contribution in [1.82, 2.24) is 0 Å². The summed E-state index contributed by atoms with van der Waals surface area (Å²) >= 11 is 6.00. The van der Waals surface area contributed by atoms with Crippen LogP contribution in [-0.4, -0.2) is 0 Å². The Labute approximate surface area is 76.6 Å². The zero-order valence-electron chi connectivity index (χ0n) is 6.53. The fourth-order valence-electron chi connectivity index (χ4n) is 1.32. The molecule has 1 aromatic rings. The summed E-state index contributed by atoms with van der Waals surface area (Å²) in [5.41, 5.74) is 1.07. The third-order valence-electron chi connectivity index (χ3n) is 1.94. The van der Waals surface area contributed by atoms with Crippen LogP contribution in [0.4, 0.5) is 0 Å². The van der Waals surface area contributed by atoms with Crippen LogP contribution >= 0.6 is 11.6 Å². The lowest BCUT2D eigenvalue weighted by molar-refractivity contribution is 0.173. The van der Waals surface area contributed by atoms with Crippen LogP contribution in [0, 0.1) is 0 Å². The standard InChI is InChI=1S/C10H9ClO/c11-9-5-2-1-4-8(9)10-6-3-7-12-10/h1-5,7,10H,6H2/t10-/m1/s1. The van der Waals surface area contributed by atoms with Gasteiger partial charge >= 0.3 is 0 Å². The van der Waals surface area contributed by atoms with E-state index in [1.807, 2.05) is 30.3 Å². The minimum atomic E-state index is 0.124. The quantitative estimate of drug-likeness (QED) is 0.644. The first kappa shape index (κ1) is 7.69. The fraction of sp³-hybridized carbons (Fsp3) is 0.200. The van der Waals surface area contributed by atoms with E-state index in [0.29, 0.717) is 0 Å². The molecule has 0 saturated heterocycles. The van der Waals surface area contributed by atoms with Crippen LogP contribution in [0.25, 0.3) is 0 Å². The molecule has 2 rings (SSSR count). The van der Waals surface area contributed by atoms with Crippen LogP contribution in [0.1, 0.15) is 18.1 Å². The zero-order chi connectivity index (χ0) is 8.39. The van der Waals surface area contributed by atoms with Crippen molar-refractivity contribution >= 4 is 11.6 Å². The van der Waals surface area contributed by atoms with Gasteiger partial charge in [-0.2, -0.15) is 0 Å². The number of benzene rings is 1. The molecule has 1 aromatic carbocycles. The van der Waals surface area contributed by atoms with Crippen molar-refractivity contribution in [3.63, 3.8) is 0 Å². The maximum atomic E-state index is 6.00. The van der Waals surface area contributed by atoms with Gasteiger partial charge in [0.1, 0.15) is 6.10 Å². The molecule has 1 atom stereocenters. The summed E-state index contributed by atoms with van der Waals surface area (Å²) in [6.07, 6.45) is 4.78. The van der Waals surface area contributed by atoms with Gasteiger partial charge in [-0.15, -0.1) is 0 Å². The second-order valence-electron chi connectivity index (χ2n) is 2.75. The van der Waals surface area contributed by atoms with E-state index in [9.17, 15) is 0 Å². The van der Waals surface area contributed by atoms with Gasteiger partial charge in [-0.05, 0) is 12.1 Å². The summed E-state index contributed by atoms with van der Waals surface area (Å²) in [4.78, 5) is 0. The molecule has 12 heavy (non-hydrogen) atoms. The molecule has 1 aliphatic rings. The molecular weight excluding hydrogens is 172 g/mol. The van der Waals surface area contributed by atoms with Crippen LogP contribution in [0.3, 0.4) is 0 Å². The maximum Gasteiger partial charge on any atom is 0.128 e. The molecule has 0 unspecified atom stereocenters. The first-order valence-corrected chi connectivity index (χ1v) is 4.30. The Morgan fingerprint density at radius 3 is 2.83 bits per heavy atom. The van der Waals surface area contributed by atoms with Crippen LogP contribution in [-0.2, 0) is 4.74 Å². The van der Waals surface area contributed by atoms with Crippen molar-refractivity contribution in [2.24, 2.45) is 0 Å². The van der Waals surface area contributed by atoms with Crippen LogP contribution in [0.5, 0.6) is 0 Å². The summed E-state index contributed by atoms with van der Waals surface area (Å²) in [5, 5.41) is 0.784. The Morgan fingerprint density at radius 1 is 1.33 bits per heavy atom. The van der Waals surface area contributed by atoms with Crippen molar-refractivity contribution < 1.29 is 4.74 Å². The normalized spacial score (nSPS) is 20.9. The summed E-state index contributed by atoms with van der Waals surface area (Å²) in [7, 11) is 0. The van der Waals surface area contributed by atoms with Crippen LogP contribution in [0.15, 0.2) is 36.6 Å². The molecule has 0 saturated carbocycles. The van der Waals surface area contributed by atoms with Crippen molar-refractivity contribution in [3.05, 3.63) is 47.2 Å². The van der Waals surface area contributed by atoms with Gasteiger partial charge in [-0.3, -0.25) is 0 Å². The van der Waals surface area contributed by atoms with Gasteiger partial charge < -0.3 is 4.74 Å². The molecule has 0 radical (unpaired) electrons. The predicted molar refractivity (Wildman–Crippen MR) is 49.0 cm³/mol. The molecule has 1 nitrogen and oxygen atoms in total. The van der Waals surface area contributed by atoms with Crippen molar-refractivity contribution in [1.29, 1.82) is 0 Å². The maximum absolute atomic E-state index is 6.00. The highest BCUT2D eigenvalue weighted by molar-refractivity contribution is 6.31. The average molecular weight is 181 g/mol. The molecule has 2 heteroatoms. The minimum absolute atomic E-state index is 0.124. The van der Waals surface area contributed by atoms with Crippen LogP contribution < -0.4 is 0 Å². The molecule has 1 aliphatic heterocycles. The van der Waals surface area contributed by atoms with Crippen molar-refractivity contribution in [3.8, 4) is 0 Å². The summed E-state index contributed by atoms with van der Waals surface area (Å²) in [6, 6.07) is 7.79. The first-order valence-electron chi connectivity index (χ1n) is 3.93. The number of hydrogen-bond donors (Lipinski definition) is 0. The third-order valence-corrected chi connectivity index (χ3v) is 2.29. The molecule has 0 spiro atoms. The lowest BCUT2D eigenvalue weighted by Gasteiger charge is -2.11. The first-order chi connectivity index (χ1) is 5.88. The molecule has 0 N–H and O–H groups in total. The topological polar surface area (TPSA) is 9.23 Å². The zero-order valence-corrected chi connectivity index (χ0v) is 7.29. The third kappa shape index (κ3) is 1.32. The van der Waals surface area contributed by atoms with E-state index in [1.165, 1.54) is 0 Å². The minimum Gasteiger partial charge on any atom is -0.493 e. The van der Waals surface area contributed by atoms with E-state index >= 15 is 0 Å². The highest BCUT2D eigenvalue weighted by atomic mass is 35.5. The number of ether oxygens (including phenoxy) is 1. The summed E-state index contributed by atoms with van der Waals surface area (Å²) in [5.74, 6) is 0. The second kappa shape index (κ2) is 3.20. The smallest absolute Gasteiger partial charge is 0.128 e. The summed E-state index contributed by atoms with van der Waals surface area (Å²) in [6.45, 7) is 0. The van der Waals surface area contributed by atoms with E-state index < -0.39 is 0 Å². The molecule has 0 fully saturated rings. The Balaban J connectivity index is 2.27. The Bertz CT molecular complexity index is 298. The largest absolute Gasteiger partial charge is 0.493 e. The van der Waals surface area contributed by atoms with Gasteiger partial charge in [-0.1, -0.05) is 29.8 Å². The highest BCUT2D eigenvalue weighted by Gasteiger charge is 2.15. The monoisotopic (exact) mass is 180 g/mol. The second-order valence-corrected chi connectivity index (χ2v) is 3.16. The molecule has 0 bridgehead atoms. The van der Waals surface area contributed by atoms with Gasteiger partial charge in [0, 0.05) is 17.0 Å². The molecular formula is C10H9ClO. The molecule has 0 aliphatic carbocycles.